The lowest BCUT2D eigenvalue weighted by Gasteiger charge is -2.36. The Morgan fingerprint density at radius 2 is 1.63 bits per heavy atom. The molecule has 59 heavy (non-hydrogen) atoms. The number of carbonyl (C=O) groups is 3. The summed E-state index contributed by atoms with van der Waals surface area (Å²) in [5.41, 5.74) is 10.7. The van der Waals surface area contributed by atoms with E-state index >= 15 is 0 Å². The second-order valence-electron chi connectivity index (χ2n) is 16.0. The third-order valence-corrected chi connectivity index (χ3v) is 11.7. The number of pyridine rings is 1. The van der Waals surface area contributed by atoms with Gasteiger partial charge in [-0.25, -0.2) is 15.0 Å². The number of hydrogen-bond donors (Lipinski definition) is 5. The number of nitrogens with zero attached hydrogens (tertiary/aromatic N) is 8. The second-order valence-corrected chi connectivity index (χ2v) is 16.9. The first-order chi connectivity index (χ1) is 28.2. The summed E-state index contributed by atoms with van der Waals surface area (Å²) < 4.78 is 0. The summed E-state index contributed by atoms with van der Waals surface area (Å²) >= 11 is 1.57. The topological polar surface area (TPSA) is 216 Å². The van der Waals surface area contributed by atoms with Crippen molar-refractivity contribution in [2.45, 2.75) is 65.3 Å². The lowest BCUT2D eigenvalue weighted by molar-refractivity contribution is -0.142. The van der Waals surface area contributed by atoms with Gasteiger partial charge in [0.1, 0.15) is 29.3 Å². The molecule has 6 N–H and O–H groups in total. The highest BCUT2D eigenvalue weighted by atomic mass is 32.1. The van der Waals surface area contributed by atoms with Crippen LogP contribution in [0.25, 0.3) is 21.8 Å². The van der Waals surface area contributed by atoms with Gasteiger partial charge in [-0.1, -0.05) is 63.2 Å². The number of thiazole rings is 1. The Morgan fingerprint density at radius 3 is 2.31 bits per heavy atom. The molecule has 1 unspecified atom stereocenters. The monoisotopic (exact) mass is 819 g/mol. The van der Waals surface area contributed by atoms with Crippen molar-refractivity contribution in [3.63, 3.8) is 0 Å². The maximum absolute atomic E-state index is 14.3. The minimum absolute atomic E-state index is 0.0382. The third kappa shape index (κ3) is 8.95. The highest BCUT2D eigenvalue weighted by Crippen LogP contribution is 2.31. The summed E-state index contributed by atoms with van der Waals surface area (Å²) in [5.74, 6) is 0.135. The number of hydrogen-bond acceptors (Lipinski definition) is 14. The number of benzene rings is 2. The molecule has 2 saturated heterocycles. The number of aromatic nitrogens is 5. The van der Waals surface area contributed by atoms with Gasteiger partial charge in [0.15, 0.2) is 17.5 Å². The first-order valence-electron chi connectivity index (χ1n) is 19.5. The Kier molecular flexibility index (Phi) is 11.8. The maximum atomic E-state index is 14.3. The standard InChI is InChI=1S/C42H49N11O5S/c1-24(26-13-15-27(16-14-26)34-25(2)44-23-59-34)45-40(57)31-21-28(54)22-53(31)41(58)35(42(3,4)5)47-39(56)30-10-8-12-33(46-30)51-17-19-52(20-18-51)38-36(43)49-50-37(48-38)29-9-6-7-11-32(29)55/h6-16,23-24,28,31,35,54-55H,17-22H2,1-5H3,(H2,43,49)(H,45,57)(H,47,56)/t24-,28+,31-,35?/m0/s1. The van der Waals surface area contributed by atoms with Crippen molar-refractivity contribution in [1.82, 2.24) is 40.7 Å². The van der Waals surface area contributed by atoms with E-state index in [0.29, 0.717) is 43.4 Å². The van der Waals surface area contributed by atoms with Crippen molar-refractivity contribution in [3.8, 4) is 27.6 Å². The molecule has 0 radical (unpaired) electrons. The van der Waals surface area contributed by atoms with Crippen molar-refractivity contribution in [1.29, 1.82) is 0 Å². The maximum Gasteiger partial charge on any atom is 0.270 e. The number of anilines is 3. The van der Waals surface area contributed by atoms with E-state index in [0.717, 1.165) is 21.7 Å². The number of carbonyl (C=O) groups excluding carboxylic acids is 3. The Labute approximate surface area is 346 Å². The van der Waals surface area contributed by atoms with Crippen LogP contribution in [0.15, 0.2) is 72.2 Å². The number of aliphatic hydroxyl groups is 1. The number of aryl methyl sites for hydroxylation is 1. The summed E-state index contributed by atoms with van der Waals surface area (Å²) in [6.45, 7) is 11.4. The zero-order valence-corrected chi connectivity index (χ0v) is 34.5. The van der Waals surface area contributed by atoms with Crippen LogP contribution in [0.3, 0.4) is 0 Å². The van der Waals surface area contributed by atoms with Gasteiger partial charge < -0.3 is 41.3 Å². The summed E-state index contributed by atoms with van der Waals surface area (Å²) in [6.07, 6.45) is -0.823. The van der Waals surface area contributed by atoms with Crippen LogP contribution >= 0.6 is 11.3 Å². The minimum atomic E-state index is -1.03. The van der Waals surface area contributed by atoms with Crippen LogP contribution < -0.4 is 26.2 Å². The molecule has 17 heteroatoms. The highest BCUT2D eigenvalue weighted by Gasteiger charge is 2.45. The number of phenolic OH excluding ortho intramolecular Hbond substituents is 1. The highest BCUT2D eigenvalue weighted by molar-refractivity contribution is 7.13. The molecule has 0 saturated carbocycles. The number of phenols is 1. The fourth-order valence-corrected chi connectivity index (χ4v) is 8.24. The lowest BCUT2D eigenvalue weighted by atomic mass is 9.85. The molecule has 0 spiro atoms. The number of nitrogen functional groups attached to an aromatic ring is 1. The predicted molar refractivity (Wildman–Crippen MR) is 226 cm³/mol. The van der Waals surface area contributed by atoms with Crippen LogP contribution in [0.1, 0.15) is 61.9 Å². The van der Waals surface area contributed by atoms with E-state index in [2.05, 4.69) is 35.8 Å². The molecular weight excluding hydrogens is 771 g/mol. The summed E-state index contributed by atoms with van der Waals surface area (Å²) in [7, 11) is 0. The van der Waals surface area contributed by atoms with Gasteiger partial charge in [0.05, 0.1) is 33.8 Å². The van der Waals surface area contributed by atoms with Crippen molar-refractivity contribution in [3.05, 3.63) is 89.2 Å². The molecule has 3 amide bonds. The van der Waals surface area contributed by atoms with E-state index in [-0.39, 0.29) is 48.0 Å². The number of amides is 3. The number of likely N-dealkylation sites (tertiary alicyclic amines) is 1. The van der Waals surface area contributed by atoms with Gasteiger partial charge >= 0.3 is 0 Å². The van der Waals surface area contributed by atoms with Crippen LogP contribution in [0.5, 0.6) is 5.75 Å². The van der Waals surface area contributed by atoms with Crippen LogP contribution in [0.4, 0.5) is 17.5 Å². The number of aliphatic hydroxyl groups excluding tert-OH is 1. The molecule has 308 valence electrons. The molecule has 5 aromatic rings. The van der Waals surface area contributed by atoms with Gasteiger partial charge in [0, 0.05) is 39.1 Å². The zero-order chi connectivity index (χ0) is 42.0. The predicted octanol–water partition coefficient (Wildman–Crippen LogP) is 3.96. The molecule has 2 fully saturated rings. The number of para-hydroxylation sites is 1. The first kappa shape index (κ1) is 41.0. The number of nitrogens with two attached hydrogens (primary N) is 1. The summed E-state index contributed by atoms with van der Waals surface area (Å²) in [6, 6.07) is 17.5. The van der Waals surface area contributed by atoms with E-state index in [4.69, 9.17) is 5.73 Å². The zero-order valence-electron chi connectivity index (χ0n) is 33.7. The van der Waals surface area contributed by atoms with Gasteiger partial charge in [-0.3, -0.25) is 14.4 Å². The van der Waals surface area contributed by atoms with Crippen molar-refractivity contribution >= 4 is 46.5 Å². The Bertz CT molecular complexity index is 2320. The Hall–Kier alpha value is -6.20. The van der Waals surface area contributed by atoms with E-state index in [1.807, 2.05) is 80.3 Å². The largest absolute Gasteiger partial charge is 0.507 e. The van der Waals surface area contributed by atoms with E-state index in [1.165, 1.54) is 4.90 Å². The fourth-order valence-electron chi connectivity index (χ4n) is 7.43. The normalized spacial score (nSPS) is 18.0. The SMILES string of the molecule is Cc1ncsc1-c1ccc([C@H](C)NC(=O)[C@@H]2C[C@@H](O)CN2C(=O)C(NC(=O)c2cccc(N3CCN(c4nc(-c5ccccc5O)nnc4N)CC3)n2)C(C)(C)C)cc1. The van der Waals surface area contributed by atoms with Gasteiger partial charge in [0.25, 0.3) is 5.91 Å². The molecule has 5 heterocycles. The number of rotatable bonds is 10. The number of aromatic hydroxyl groups is 1. The lowest BCUT2D eigenvalue weighted by Crippen LogP contribution is -2.58. The number of β-amino-alcohol motifs (C(OH)–C–C–N with tert-alkyl or cyclic N) is 1. The van der Waals surface area contributed by atoms with Crippen molar-refractivity contribution in [2.24, 2.45) is 5.41 Å². The van der Waals surface area contributed by atoms with E-state index < -0.39 is 35.4 Å². The molecule has 16 nitrogen and oxygen atoms in total. The molecule has 0 aliphatic carbocycles. The van der Waals surface area contributed by atoms with Crippen LogP contribution in [0, 0.1) is 12.3 Å². The second kappa shape index (κ2) is 17.0. The number of piperazine rings is 1. The first-order valence-corrected chi connectivity index (χ1v) is 20.4. The number of nitrogens with one attached hydrogen (secondary N) is 2. The Balaban J connectivity index is 0.996. The minimum Gasteiger partial charge on any atom is -0.507 e. The molecule has 0 bridgehead atoms. The Morgan fingerprint density at radius 1 is 0.915 bits per heavy atom. The average molecular weight is 820 g/mol. The smallest absolute Gasteiger partial charge is 0.270 e. The molecule has 2 aliphatic heterocycles. The van der Waals surface area contributed by atoms with Gasteiger partial charge in [0.2, 0.25) is 11.8 Å². The fraction of sp³-hybridized carbons (Fsp3) is 0.381. The average Bonchev–Trinajstić information content (AvgIpc) is 3.85. The molecule has 4 atom stereocenters. The summed E-state index contributed by atoms with van der Waals surface area (Å²) in [5, 5.41) is 35.1. The van der Waals surface area contributed by atoms with Crippen molar-refractivity contribution in [2.75, 3.05) is 48.3 Å². The molecule has 2 aliphatic rings. The van der Waals surface area contributed by atoms with Crippen LogP contribution in [0.2, 0.25) is 0 Å². The van der Waals surface area contributed by atoms with Gasteiger partial charge in [-0.05, 0) is 54.7 Å². The van der Waals surface area contributed by atoms with Gasteiger partial charge in [-0.15, -0.1) is 21.5 Å². The molecular formula is C42H49N11O5S. The van der Waals surface area contributed by atoms with Crippen LogP contribution in [-0.4, -0.2) is 109 Å². The van der Waals surface area contributed by atoms with Crippen LogP contribution in [-0.2, 0) is 9.59 Å². The molecule has 2 aromatic carbocycles. The third-order valence-electron chi connectivity index (χ3n) is 10.7. The van der Waals surface area contributed by atoms with Gasteiger partial charge in [-0.2, -0.15) is 0 Å². The van der Waals surface area contributed by atoms with E-state index in [1.54, 1.807) is 47.7 Å². The van der Waals surface area contributed by atoms with Crippen molar-refractivity contribution < 1.29 is 24.6 Å². The quantitative estimate of drug-likeness (QED) is 0.135. The van der Waals surface area contributed by atoms with E-state index in [9.17, 15) is 24.6 Å². The molecule has 7 rings (SSSR count). The molecule has 3 aromatic heterocycles. The summed E-state index contributed by atoms with van der Waals surface area (Å²) in [4.78, 5) is 62.0.